The molecule has 0 spiro atoms. The summed E-state index contributed by atoms with van der Waals surface area (Å²) in [6, 6.07) is 14.2. The third-order valence-electron chi connectivity index (χ3n) is 5.90. The molecule has 5 heteroatoms. The quantitative estimate of drug-likeness (QED) is 0.812. The number of allylic oxidation sites excluding steroid dienone is 2. The molecule has 1 saturated heterocycles. The number of rotatable bonds is 6. The van der Waals surface area contributed by atoms with Gasteiger partial charge in [-0.1, -0.05) is 36.4 Å². The van der Waals surface area contributed by atoms with E-state index in [1.807, 2.05) is 6.07 Å². The first-order chi connectivity index (χ1) is 13.7. The Kier molecular flexibility index (Phi) is 5.55. The highest BCUT2D eigenvalue weighted by Gasteiger charge is 2.41. The first-order valence-corrected chi connectivity index (χ1v) is 10.00. The van der Waals surface area contributed by atoms with Crippen LogP contribution in [-0.4, -0.2) is 53.2 Å². The first kappa shape index (κ1) is 18.8. The predicted molar refractivity (Wildman–Crippen MR) is 110 cm³/mol. The van der Waals surface area contributed by atoms with E-state index in [1.54, 1.807) is 30.3 Å². The molecule has 0 bridgehead atoms. The molecule has 2 aromatic rings. The number of aromatic nitrogens is 1. The van der Waals surface area contributed by atoms with Crippen LogP contribution in [0, 0.1) is 0 Å². The van der Waals surface area contributed by atoms with Crippen molar-refractivity contribution in [2.24, 2.45) is 0 Å². The maximum absolute atomic E-state index is 12.6. The molecular formula is C23H27N3O2. The van der Waals surface area contributed by atoms with Crippen LogP contribution < -0.4 is 5.32 Å². The number of likely N-dealkylation sites (N-methyl/N-ethyl adjacent to an activating group) is 1. The van der Waals surface area contributed by atoms with E-state index in [1.165, 1.54) is 29.5 Å². The lowest BCUT2D eigenvalue weighted by Crippen LogP contribution is -2.64. The Morgan fingerprint density at radius 3 is 2.68 bits per heavy atom. The molecule has 1 fully saturated rings. The van der Waals surface area contributed by atoms with E-state index in [0.717, 1.165) is 6.42 Å². The second kappa shape index (κ2) is 8.25. The van der Waals surface area contributed by atoms with Crippen LogP contribution in [0.25, 0.3) is 5.57 Å². The van der Waals surface area contributed by atoms with Gasteiger partial charge in [0, 0.05) is 37.8 Å². The summed E-state index contributed by atoms with van der Waals surface area (Å²) in [5.74, 6) is 0.104. The molecule has 1 amide bonds. The van der Waals surface area contributed by atoms with E-state index in [2.05, 4.69) is 40.6 Å². The van der Waals surface area contributed by atoms with Gasteiger partial charge in [-0.3, -0.25) is 9.78 Å². The lowest BCUT2D eigenvalue weighted by atomic mass is 9.77. The molecule has 2 aliphatic rings. The summed E-state index contributed by atoms with van der Waals surface area (Å²) < 4.78 is 0. The minimum atomic E-state index is -0.0860. The number of nitrogens with one attached hydrogen (secondary N) is 1. The van der Waals surface area contributed by atoms with Gasteiger partial charge in [-0.15, -0.1) is 0 Å². The molecule has 4 rings (SSSR count). The third-order valence-corrected chi connectivity index (χ3v) is 5.90. The topological polar surface area (TPSA) is 65.5 Å². The molecular weight excluding hydrogens is 350 g/mol. The van der Waals surface area contributed by atoms with Gasteiger partial charge in [0.1, 0.15) is 5.69 Å². The maximum atomic E-state index is 12.6. The molecule has 1 aromatic heterocycles. The van der Waals surface area contributed by atoms with Gasteiger partial charge in [-0.05, 0) is 48.1 Å². The molecule has 1 aliphatic heterocycles. The highest BCUT2D eigenvalue weighted by molar-refractivity contribution is 5.92. The van der Waals surface area contributed by atoms with Crippen LogP contribution in [0.3, 0.4) is 0 Å². The van der Waals surface area contributed by atoms with Gasteiger partial charge in [0.15, 0.2) is 0 Å². The summed E-state index contributed by atoms with van der Waals surface area (Å²) in [4.78, 5) is 18.4. The molecule has 1 aromatic carbocycles. The van der Waals surface area contributed by atoms with E-state index in [0.29, 0.717) is 12.2 Å². The Hall–Kier alpha value is -2.50. The zero-order valence-electron chi connectivity index (χ0n) is 16.2. The van der Waals surface area contributed by atoms with Gasteiger partial charge in [0.05, 0.1) is 6.61 Å². The SMILES string of the molecule is CN(C[C@H]1N[C@@H](CO)[C@@H]1c1ccc(C2=CCCC2)cc1)C(=O)c1ccccn1. The molecule has 3 atom stereocenters. The number of aliphatic hydroxyl groups is 1. The van der Waals surface area contributed by atoms with Gasteiger partial charge in [0.25, 0.3) is 5.91 Å². The molecule has 0 saturated carbocycles. The van der Waals surface area contributed by atoms with Crippen molar-refractivity contribution in [3.05, 3.63) is 71.6 Å². The molecule has 2 heterocycles. The van der Waals surface area contributed by atoms with Crippen molar-refractivity contribution in [2.75, 3.05) is 20.2 Å². The van der Waals surface area contributed by atoms with Crippen molar-refractivity contribution in [1.29, 1.82) is 0 Å². The number of hydrogen-bond donors (Lipinski definition) is 2. The molecule has 1 aliphatic carbocycles. The Labute approximate surface area is 166 Å². The number of pyridine rings is 1. The fraction of sp³-hybridized carbons (Fsp3) is 0.391. The summed E-state index contributed by atoms with van der Waals surface area (Å²) in [6.45, 7) is 0.662. The second-order valence-electron chi connectivity index (χ2n) is 7.73. The molecule has 0 unspecified atom stereocenters. The number of carbonyl (C=O) groups excluding carboxylic acids is 1. The predicted octanol–water partition coefficient (Wildman–Crippen LogP) is 2.84. The van der Waals surface area contributed by atoms with Crippen LogP contribution in [0.2, 0.25) is 0 Å². The van der Waals surface area contributed by atoms with E-state index in [4.69, 9.17) is 0 Å². The summed E-state index contributed by atoms with van der Waals surface area (Å²) in [7, 11) is 1.80. The Balaban J connectivity index is 1.45. The Bertz CT molecular complexity index is 848. The lowest BCUT2D eigenvalue weighted by molar-refractivity contribution is 0.0678. The van der Waals surface area contributed by atoms with Crippen molar-refractivity contribution in [3.8, 4) is 0 Å². The smallest absolute Gasteiger partial charge is 0.272 e. The zero-order valence-corrected chi connectivity index (χ0v) is 16.2. The van der Waals surface area contributed by atoms with E-state index < -0.39 is 0 Å². The number of carbonyl (C=O) groups is 1. The number of amides is 1. The highest BCUT2D eigenvalue weighted by Crippen LogP contribution is 2.34. The fourth-order valence-corrected chi connectivity index (χ4v) is 4.36. The fourth-order valence-electron chi connectivity index (χ4n) is 4.36. The average Bonchev–Trinajstić information content (AvgIpc) is 3.26. The third kappa shape index (κ3) is 3.73. The molecule has 5 nitrogen and oxygen atoms in total. The normalized spacial score (nSPS) is 23.8. The summed E-state index contributed by atoms with van der Waals surface area (Å²) in [5, 5.41) is 13.1. The average molecular weight is 377 g/mol. The van der Waals surface area contributed by atoms with Crippen LogP contribution in [0.1, 0.15) is 46.8 Å². The summed E-state index contributed by atoms with van der Waals surface area (Å²) in [5.41, 5.74) is 4.40. The van der Waals surface area contributed by atoms with E-state index in [-0.39, 0.29) is 30.5 Å². The van der Waals surface area contributed by atoms with Gasteiger partial charge < -0.3 is 15.3 Å². The zero-order chi connectivity index (χ0) is 19.5. The molecule has 0 radical (unpaired) electrons. The number of benzene rings is 1. The van der Waals surface area contributed by atoms with Crippen molar-refractivity contribution in [1.82, 2.24) is 15.2 Å². The number of aliphatic hydroxyl groups excluding tert-OH is 1. The Morgan fingerprint density at radius 1 is 1.21 bits per heavy atom. The van der Waals surface area contributed by atoms with Gasteiger partial charge in [-0.2, -0.15) is 0 Å². The summed E-state index contributed by atoms with van der Waals surface area (Å²) in [6.07, 6.45) is 7.54. The number of nitrogens with zero attached hydrogens (tertiary/aromatic N) is 2. The highest BCUT2D eigenvalue weighted by atomic mass is 16.3. The maximum Gasteiger partial charge on any atom is 0.272 e. The number of hydrogen-bond acceptors (Lipinski definition) is 4. The van der Waals surface area contributed by atoms with Crippen LogP contribution in [-0.2, 0) is 0 Å². The molecule has 146 valence electrons. The van der Waals surface area contributed by atoms with Gasteiger partial charge in [-0.25, -0.2) is 0 Å². The Morgan fingerprint density at radius 2 is 2.04 bits per heavy atom. The van der Waals surface area contributed by atoms with Crippen molar-refractivity contribution >= 4 is 11.5 Å². The largest absolute Gasteiger partial charge is 0.395 e. The van der Waals surface area contributed by atoms with Crippen LogP contribution in [0.15, 0.2) is 54.7 Å². The minimum Gasteiger partial charge on any atom is -0.395 e. The van der Waals surface area contributed by atoms with Crippen molar-refractivity contribution in [3.63, 3.8) is 0 Å². The monoisotopic (exact) mass is 377 g/mol. The van der Waals surface area contributed by atoms with Gasteiger partial charge in [0.2, 0.25) is 0 Å². The molecule has 2 N–H and O–H groups in total. The minimum absolute atomic E-state index is 0.0277. The molecule has 28 heavy (non-hydrogen) atoms. The van der Waals surface area contributed by atoms with Crippen LogP contribution >= 0.6 is 0 Å². The first-order valence-electron chi connectivity index (χ1n) is 10.00. The lowest BCUT2D eigenvalue weighted by Gasteiger charge is -2.47. The van der Waals surface area contributed by atoms with Gasteiger partial charge >= 0.3 is 0 Å². The van der Waals surface area contributed by atoms with E-state index in [9.17, 15) is 9.90 Å². The van der Waals surface area contributed by atoms with Crippen molar-refractivity contribution < 1.29 is 9.90 Å². The van der Waals surface area contributed by atoms with E-state index >= 15 is 0 Å². The summed E-state index contributed by atoms with van der Waals surface area (Å²) >= 11 is 0. The van der Waals surface area contributed by atoms with Crippen molar-refractivity contribution in [2.45, 2.75) is 37.3 Å². The standard InChI is InChI=1S/C23H27N3O2/c1-26(23(28)19-8-4-5-13-24-19)14-20-22(21(15-27)25-20)18-11-9-17(10-12-18)16-6-2-3-7-16/h4-6,8-13,20-22,25,27H,2-3,7,14-15H2,1H3/t20-,21+,22-/m1/s1. The van der Waals surface area contributed by atoms with Crippen LogP contribution in [0.5, 0.6) is 0 Å². The van der Waals surface area contributed by atoms with Crippen LogP contribution in [0.4, 0.5) is 0 Å². The second-order valence-corrected chi connectivity index (χ2v) is 7.73.